The van der Waals surface area contributed by atoms with Gasteiger partial charge in [-0.1, -0.05) is 23.8 Å². The average molecular weight is 407 g/mol. The molecule has 0 fully saturated rings. The van der Waals surface area contributed by atoms with E-state index in [1.54, 1.807) is 6.07 Å². The van der Waals surface area contributed by atoms with Crippen LogP contribution in [0.4, 0.5) is 5.69 Å². The van der Waals surface area contributed by atoms with Gasteiger partial charge in [0.1, 0.15) is 9.88 Å². The Labute approximate surface area is 140 Å². The summed E-state index contributed by atoms with van der Waals surface area (Å²) in [7, 11) is -3.78. The molecule has 5 nitrogen and oxygen atoms in total. The predicted octanol–water partition coefficient (Wildman–Crippen LogP) is 2.93. The number of nitrogens with one attached hydrogen (secondary N) is 1. The van der Waals surface area contributed by atoms with Gasteiger partial charge >= 0.3 is 0 Å². The molecule has 1 aromatic carbocycles. The third-order valence-corrected chi connectivity index (χ3v) is 4.80. The van der Waals surface area contributed by atoms with Crippen LogP contribution >= 0.6 is 39.7 Å². The van der Waals surface area contributed by atoms with Gasteiger partial charge in [-0.15, -0.1) is 0 Å². The van der Waals surface area contributed by atoms with E-state index in [2.05, 4.69) is 25.6 Å². The normalized spacial score (nSPS) is 11.1. The summed E-state index contributed by atoms with van der Waals surface area (Å²) in [6.07, 6.45) is 2.73. The number of thiocarbonyl (C=S) groups is 1. The van der Waals surface area contributed by atoms with Gasteiger partial charge in [-0.3, -0.25) is 9.71 Å². The van der Waals surface area contributed by atoms with Gasteiger partial charge in [0.25, 0.3) is 10.0 Å². The van der Waals surface area contributed by atoms with Crippen LogP contribution in [0, 0.1) is 0 Å². The van der Waals surface area contributed by atoms with Crippen molar-refractivity contribution in [2.45, 2.75) is 4.90 Å². The maximum atomic E-state index is 12.2. The fourth-order valence-electron chi connectivity index (χ4n) is 1.49. The second kappa shape index (κ2) is 6.27. The van der Waals surface area contributed by atoms with E-state index < -0.39 is 10.0 Å². The standard InChI is InChI=1S/C12H9BrClN3O2S2/c13-8-4-9(6-16-5-8)21(18,19)17-11-2-1-7(12(15)20)3-10(11)14/h1-6,17H,(H2,15,20). The number of rotatable bonds is 4. The SMILES string of the molecule is NC(=S)c1ccc(NS(=O)(=O)c2cncc(Br)c2)c(Cl)c1. The van der Waals surface area contributed by atoms with Crippen LogP contribution in [0.2, 0.25) is 5.02 Å². The lowest BCUT2D eigenvalue weighted by Gasteiger charge is -2.10. The molecule has 0 saturated carbocycles. The molecule has 0 unspecified atom stereocenters. The molecule has 0 radical (unpaired) electrons. The van der Waals surface area contributed by atoms with Gasteiger partial charge in [0, 0.05) is 22.4 Å². The fourth-order valence-corrected chi connectivity index (χ4v) is 3.49. The molecule has 2 rings (SSSR count). The van der Waals surface area contributed by atoms with E-state index in [0.29, 0.717) is 10.0 Å². The highest BCUT2D eigenvalue weighted by molar-refractivity contribution is 9.10. The Bertz CT molecular complexity index is 812. The molecule has 0 spiro atoms. The van der Waals surface area contributed by atoms with Crippen molar-refractivity contribution >= 4 is 60.4 Å². The number of halogens is 2. The lowest BCUT2D eigenvalue weighted by atomic mass is 10.2. The number of benzene rings is 1. The highest BCUT2D eigenvalue weighted by Gasteiger charge is 2.17. The van der Waals surface area contributed by atoms with Crippen LogP contribution in [0.25, 0.3) is 0 Å². The highest BCUT2D eigenvalue weighted by atomic mass is 79.9. The minimum Gasteiger partial charge on any atom is -0.389 e. The molecule has 1 aromatic heterocycles. The van der Waals surface area contributed by atoms with Crippen molar-refractivity contribution in [2.24, 2.45) is 5.73 Å². The zero-order chi connectivity index (χ0) is 15.6. The van der Waals surface area contributed by atoms with Crippen LogP contribution in [0.3, 0.4) is 0 Å². The van der Waals surface area contributed by atoms with Crippen molar-refractivity contribution in [3.05, 3.63) is 51.7 Å². The van der Waals surface area contributed by atoms with Crippen LogP contribution in [0.5, 0.6) is 0 Å². The van der Waals surface area contributed by atoms with Crippen molar-refractivity contribution in [2.75, 3.05) is 4.72 Å². The molecule has 21 heavy (non-hydrogen) atoms. The Morgan fingerprint density at radius 3 is 2.62 bits per heavy atom. The fraction of sp³-hybridized carbons (Fsp3) is 0. The average Bonchev–Trinajstić information content (AvgIpc) is 2.40. The Morgan fingerprint density at radius 2 is 2.05 bits per heavy atom. The molecule has 0 amide bonds. The third kappa shape index (κ3) is 3.91. The summed E-state index contributed by atoms with van der Waals surface area (Å²) in [6.45, 7) is 0. The van der Waals surface area contributed by atoms with E-state index in [0.717, 1.165) is 0 Å². The largest absolute Gasteiger partial charge is 0.389 e. The lowest BCUT2D eigenvalue weighted by molar-refractivity contribution is 0.600. The number of sulfonamides is 1. The Balaban J connectivity index is 2.35. The maximum absolute atomic E-state index is 12.2. The monoisotopic (exact) mass is 405 g/mol. The van der Waals surface area contributed by atoms with E-state index in [4.69, 9.17) is 29.6 Å². The van der Waals surface area contributed by atoms with Crippen molar-refractivity contribution in [3.63, 3.8) is 0 Å². The zero-order valence-electron chi connectivity index (χ0n) is 10.4. The van der Waals surface area contributed by atoms with Crippen molar-refractivity contribution in [1.82, 2.24) is 4.98 Å². The summed E-state index contributed by atoms with van der Waals surface area (Å²) < 4.78 is 27.4. The first-order valence-electron chi connectivity index (χ1n) is 5.52. The molecule has 0 saturated heterocycles. The molecule has 2 aromatic rings. The molecule has 0 atom stereocenters. The Kier molecular flexibility index (Phi) is 4.82. The second-order valence-corrected chi connectivity index (χ2v) is 7.45. The van der Waals surface area contributed by atoms with Crippen LogP contribution < -0.4 is 10.5 Å². The summed E-state index contributed by atoms with van der Waals surface area (Å²) in [5.41, 5.74) is 6.28. The van der Waals surface area contributed by atoms with Gasteiger partial charge in [-0.25, -0.2) is 8.42 Å². The van der Waals surface area contributed by atoms with Gasteiger partial charge in [0.05, 0.1) is 10.7 Å². The molecular weight excluding hydrogens is 398 g/mol. The van der Waals surface area contributed by atoms with E-state index in [-0.39, 0.29) is 20.6 Å². The first-order valence-corrected chi connectivity index (χ1v) is 8.58. The first-order chi connectivity index (χ1) is 9.79. The van der Waals surface area contributed by atoms with E-state index in [1.165, 1.54) is 30.6 Å². The minimum absolute atomic E-state index is 0.0198. The zero-order valence-corrected chi connectivity index (χ0v) is 14.4. The number of hydrogen-bond acceptors (Lipinski definition) is 4. The van der Waals surface area contributed by atoms with E-state index in [9.17, 15) is 8.42 Å². The van der Waals surface area contributed by atoms with Crippen molar-refractivity contribution in [3.8, 4) is 0 Å². The number of anilines is 1. The van der Waals surface area contributed by atoms with E-state index in [1.807, 2.05) is 0 Å². The van der Waals surface area contributed by atoms with Gasteiger partial charge in [-0.2, -0.15) is 0 Å². The van der Waals surface area contributed by atoms with Crippen LogP contribution in [-0.4, -0.2) is 18.4 Å². The molecule has 0 aliphatic carbocycles. The number of pyridine rings is 1. The summed E-state index contributed by atoms with van der Waals surface area (Å²) in [5.74, 6) is 0. The predicted molar refractivity (Wildman–Crippen MR) is 90.1 cm³/mol. The Hall–Kier alpha value is -1.22. The van der Waals surface area contributed by atoms with Crippen molar-refractivity contribution in [1.29, 1.82) is 0 Å². The molecule has 3 N–H and O–H groups in total. The van der Waals surface area contributed by atoms with E-state index >= 15 is 0 Å². The van der Waals surface area contributed by atoms with Crippen LogP contribution in [0.1, 0.15) is 5.56 Å². The van der Waals surface area contributed by atoms with Gasteiger partial charge in [-0.05, 0) is 40.2 Å². The second-order valence-electron chi connectivity index (χ2n) is 4.00. The number of nitrogens with zero attached hydrogens (tertiary/aromatic N) is 1. The minimum atomic E-state index is -3.78. The highest BCUT2D eigenvalue weighted by Crippen LogP contribution is 2.26. The molecule has 9 heteroatoms. The number of aromatic nitrogens is 1. The van der Waals surface area contributed by atoms with Crippen LogP contribution in [-0.2, 0) is 10.0 Å². The number of hydrogen-bond donors (Lipinski definition) is 2. The summed E-state index contributed by atoms with van der Waals surface area (Å²) >= 11 is 14.0. The summed E-state index contributed by atoms with van der Waals surface area (Å²) in [4.78, 5) is 4.02. The first kappa shape index (κ1) is 16.2. The van der Waals surface area contributed by atoms with Crippen molar-refractivity contribution < 1.29 is 8.42 Å². The molecule has 0 aliphatic rings. The molecule has 110 valence electrons. The molecule has 0 bridgehead atoms. The Morgan fingerprint density at radius 1 is 1.33 bits per heavy atom. The smallest absolute Gasteiger partial charge is 0.263 e. The lowest BCUT2D eigenvalue weighted by Crippen LogP contribution is -2.14. The summed E-state index contributed by atoms with van der Waals surface area (Å²) in [6, 6.07) is 6.03. The third-order valence-electron chi connectivity index (χ3n) is 2.49. The summed E-state index contributed by atoms with van der Waals surface area (Å²) in [5, 5.41) is 0.201. The molecule has 1 heterocycles. The topological polar surface area (TPSA) is 85.1 Å². The van der Waals surface area contributed by atoms with Gasteiger partial charge in [0.2, 0.25) is 0 Å². The molecular formula is C12H9BrClN3O2S2. The van der Waals surface area contributed by atoms with Gasteiger partial charge < -0.3 is 5.73 Å². The van der Waals surface area contributed by atoms with Crippen LogP contribution in [0.15, 0.2) is 46.0 Å². The number of nitrogens with two attached hydrogens (primary N) is 1. The quantitative estimate of drug-likeness (QED) is 0.763. The van der Waals surface area contributed by atoms with Gasteiger partial charge in [0.15, 0.2) is 0 Å². The maximum Gasteiger partial charge on any atom is 0.263 e. The molecule has 0 aliphatic heterocycles.